The first-order chi connectivity index (χ1) is 6.33. The van der Waals surface area contributed by atoms with Crippen molar-refractivity contribution >= 4 is 5.78 Å². The molecule has 0 aromatic heterocycles. The van der Waals surface area contributed by atoms with Gasteiger partial charge in [0, 0.05) is 13.0 Å². The van der Waals surface area contributed by atoms with Crippen molar-refractivity contribution in [1.82, 2.24) is 5.32 Å². The zero-order valence-corrected chi connectivity index (χ0v) is 8.86. The predicted molar refractivity (Wildman–Crippen MR) is 52.5 cm³/mol. The first-order valence-electron chi connectivity index (χ1n) is 4.57. The first kappa shape index (κ1) is 13.2. The number of hydrogen-bond acceptors (Lipinski definition) is 2. The van der Waals surface area contributed by atoms with Gasteiger partial charge in [0.25, 0.3) is 5.92 Å². The van der Waals surface area contributed by atoms with Crippen LogP contribution in [0.5, 0.6) is 0 Å². The maximum atomic E-state index is 11.9. The highest BCUT2D eigenvalue weighted by Crippen LogP contribution is 2.19. The molecule has 0 amide bonds. The Labute approximate surface area is 83.4 Å². The number of carbonyl (C=O) groups excluding carboxylic acids is 1. The number of ketones is 1. The Morgan fingerprint density at radius 3 is 2.00 bits per heavy atom. The summed E-state index contributed by atoms with van der Waals surface area (Å²) in [5.74, 6) is -2.29. The molecule has 0 spiro atoms. The molecule has 1 N–H and O–H groups in total. The van der Waals surface area contributed by atoms with Gasteiger partial charge in [-0.25, -0.2) is 8.78 Å². The smallest absolute Gasteiger partial charge is 0.261 e. The van der Waals surface area contributed by atoms with Crippen LogP contribution in [0.1, 0.15) is 27.2 Å². The van der Waals surface area contributed by atoms with Gasteiger partial charge in [-0.1, -0.05) is 5.57 Å². The van der Waals surface area contributed by atoms with Gasteiger partial charge in [-0.15, -0.1) is 0 Å². The minimum atomic E-state index is -2.42. The molecule has 1 aliphatic rings. The zero-order valence-electron chi connectivity index (χ0n) is 8.86. The topological polar surface area (TPSA) is 29.1 Å². The Kier molecular flexibility index (Phi) is 5.53. The Hall–Kier alpha value is -0.770. The molecule has 0 atom stereocenters. The predicted octanol–water partition coefficient (Wildman–Crippen LogP) is 2.16. The third-order valence-corrected chi connectivity index (χ3v) is 1.54. The Morgan fingerprint density at radius 2 is 1.93 bits per heavy atom. The molecule has 82 valence electrons. The summed E-state index contributed by atoms with van der Waals surface area (Å²) >= 11 is 0. The molecule has 0 unspecified atom stereocenters. The third-order valence-electron chi connectivity index (χ3n) is 1.54. The molecule has 0 saturated carbocycles. The minimum absolute atomic E-state index is 0.00694. The highest BCUT2D eigenvalue weighted by molar-refractivity contribution is 5.87. The molecule has 14 heavy (non-hydrogen) atoms. The van der Waals surface area contributed by atoms with Crippen molar-refractivity contribution in [3.8, 4) is 0 Å². The molecule has 0 radical (unpaired) electrons. The number of allylic oxidation sites excluding steroid dienone is 2. The van der Waals surface area contributed by atoms with Crippen LogP contribution >= 0.6 is 0 Å². The summed E-state index contributed by atoms with van der Waals surface area (Å²) in [6, 6.07) is 0. The molecule has 4 heteroatoms. The third kappa shape index (κ3) is 7.86. The molecule has 0 aromatic carbocycles. The number of nitrogens with one attached hydrogen (secondary N) is 1. The second-order valence-corrected chi connectivity index (χ2v) is 3.62. The SMILES string of the molecule is CC(=O)C=C(C)C.FC1(F)CCNC1. The highest BCUT2D eigenvalue weighted by atomic mass is 19.3. The highest BCUT2D eigenvalue weighted by Gasteiger charge is 2.32. The molecule has 1 fully saturated rings. The monoisotopic (exact) mass is 205 g/mol. The lowest BCUT2D eigenvalue weighted by Crippen LogP contribution is -2.18. The summed E-state index contributed by atoms with van der Waals surface area (Å²) in [4.78, 5) is 10.2. The normalized spacial score (nSPS) is 18.1. The van der Waals surface area contributed by atoms with Crippen molar-refractivity contribution in [1.29, 1.82) is 0 Å². The maximum Gasteiger partial charge on any atom is 0.261 e. The number of alkyl halides is 2. The van der Waals surface area contributed by atoms with Gasteiger partial charge in [0.1, 0.15) is 0 Å². The summed E-state index contributed by atoms with van der Waals surface area (Å²) in [5.41, 5.74) is 1.06. The minimum Gasteiger partial charge on any atom is -0.311 e. The quantitative estimate of drug-likeness (QED) is 0.664. The maximum absolute atomic E-state index is 11.9. The number of halogens is 2. The van der Waals surface area contributed by atoms with E-state index in [9.17, 15) is 13.6 Å². The molecule has 1 aliphatic heterocycles. The van der Waals surface area contributed by atoms with Gasteiger partial charge in [-0.2, -0.15) is 0 Å². The van der Waals surface area contributed by atoms with E-state index in [4.69, 9.17) is 0 Å². The number of carbonyl (C=O) groups is 1. The van der Waals surface area contributed by atoms with Crippen LogP contribution in [0.2, 0.25) is 0 Å². The number of hydrogen-bond donors (Lipinski definition) is 1. The van der Waals surface area contributed by atoms with E-state index in [-0.39, 0.29) is 18.7 Å². The van der Waals surface area contributed by atoms with E-state index in [2.05, 4.69) is 5.32 Å². The van der Waals surface area contributed by atoms with Crippen LogP contribution in [0.4, 0.5) is 8.78 Å². The lowest BCUT2D eigenvalue weighted by Gasteiger charge is -2.02. The lowest BCUT2D eigenvalue weighted by molar-refractivity contribution is -0.112. The summed E-state index contributed by atoms with van der Waals surface area (Å²) < 4.78 is 23.8. The Bertz CT molecular complexity index is 212. The zero-order chi connectivity index (χ0) is 11.2. The Balaban J connectivity index is 0.000000241. The Morgan fingerprint density at radius 1 is 1.36 bits per heavy atom. The molecular formula is C10H17F2NO. The fraction of sp³-hybridized carbons (Fsp3) is 0.700. The van der Waals surface area contributed by atoms with Gasteiger partial charge in [0.15, 0.2) is 5.78 Å². The van der Waals surface area contributed by atoms with Gasteiger partial charge in [-0.05, 0) is 26.8 Å². The van der Waals surface area contributed by atoms with Crippen LogP contribution in [0.25, 0.3) is 0 Å². The molecule has 0 aromatic rings. The first-order valence-corrected chi connectivity index (χ1v) is 4.57. The average molecular weight is 205 g/mol. The molecule has 1 heterocycles. The summed E-state index contributed by atoms with van der Waals surface area (Å²) in [5, 5.41) is 2.56. The van der Waals surface area contributed by atoms with Crippen molar-refractivity contribution in [3.63, 3.8) is 0 Å². The molecule has 1 saturated heterocycles. The molecular weight excluding hydrogens is 188 g/mol. The fourth-order valence-corrected chi connectivity index (χ4v) is 1.04. The summed E-state index contributed by atoms with van der Waals surface area (Å²) in [7, 11) is 0. The van der Waals surface area contributed by atoms with Crippen LogP contribution in [0.15, 0.2) is 11.6 Å². The van der Waals surface area contributed by atoms with E-state index in [1.165, 1.54) is 0 Å². The second-order valence-electron chi connectivity index (χ2n) is 3.62. The van der Waals surface area contributed by atoms with E-state index in [1.54, 1.807) is 13.0 Å². The summed E-state index contributed by atoms with van der Waals surface area (Å²) in [6.45, 7) is 5.69. The van der Waals surface area contributed by atoms with Crippen LogP contribution in [-0.4, -0.2) is 24.8 Å². The second kappa shape index (κ2) is 5.86. The fourth-order valence-electron chi connectivity index (χ4n) is 1.04. The van der Waals surface area contributed by atoms with E-state index in [0.717, 1.165) is 5.57 Å². The van der Waals surface area contributed by atoms with Crippen LogP contribution < -0.4 is 5.32 Å². The van der Waals surface area contributed by atoms with Crippen molar-refractivity contribution < 1.29 is 13.6 Å². The molecule has 1 rings (SSSR count). The molecule has 0 aliphatic carbocycles. The molecule has 0 bridgehead atoms. The van der Waals surface area contributed by atoms with Gasteiger partial charge < -0.3 is 5.32 Å². The van der Waals surface area contributed by atoms with E-state index >= 15 is 0 Å². The summed E-state index contributed by atoms with van der Waals surface area (Å²) in [6.07, 6.45) is 1.62. The standard InChI is InChI=1S/C6H10O.C4H7F2N/c1-5(2)4-6(3)7;5-4(6)1-2-7-3-4/h4H,1-3H3;7H,1-3H2. The largest absolute Gasteiger partial charge is 0.311 e. The lowest BCUT2D eigenvalue weighted by atomic mass is 10.3. The van der Waals surface area contributed by atoms with Crippen molar-refractivity contribution in [2.45, 2.75) is 33.1 Å². The number of rotatable bonds is 1. The van der Waals surface area contributed by atoms with Gasteiger partial charge >= 0.3 is 0 Å². The molecule has 2 nitrogen and oxygen atoms in total. The van der Waals surface area contributed by atoms with Crippen molar-refractivity contribution in [2.75, 3.05) is 13.1 Å². The van der Waals surface area contributed by atoms with Crippen molar-refractivity contribution in [2.24, 2.45) is 0 Å². The van der Waals surface area contributed by atoms with E-state index in [0.29, 0.717) is 6.54 Å². The van der Waals surface area contributed by atoms with Gasteiger partial charge in [0.2, 0.25) is 0 Å². The van der Waals surface area contributed by atoms with Crippen LogP contribution in [0.3, 0.4) is 0 Å². The van der Waals surface area contributed by atoms with E-state index in [1.807, 2.05) is 13.8 Å². The van der Waals surface area contributed by atoms with Gasteiger partial charge in [-0.3, -0.25) is 4.79 Å². The van der Waals surface area contributed by atoms with E-state index < -0.39 is 5.92 Å². The van der Waals surface area contributed by atoms with Crippen LogP contribution in [0, 0.1) is 0 Å². The van der Waals surface area contributed by atoms with Crippen LogP contribution in [-0.2, 0) is 4.79 Å². The average Bonchev–Trinajstić information content (AvgIpc) is 2.32. The van der Waals surface area contributed by atoms with Gasteiger partial charge in [0.05, 0.1) is 6.54 Å². The van der Waals surface area contributed by atoms with Crippen molar-refractivity contribution in [3.05, 3.63) is 11.6 Å².